The number of thioether (sulfide) groups is 1. The molecule has 0 N–H and O–H groups in total. The fraction of sp³-hybridized carbons (Fsp3) is 0.250. The normalized spacial score (nSPS) is 16.5. The average Bonchev–Trinajstić information content (AvgIpc) is 2.95. The van der Waals surface area contributed by atoms with E-state index in [0.717, 1.165) is 22.2 Å². The quantitative estimate of drug-likeness (QED) is 0.709. The molecule has 27 heavy (non-hydrogen) atoms. The standard InChI is InChI=1S/C20H20N2O4S/c1-3-26-17(23)13-21(16-11-7-8-14(2)12-16)19-18(24)22(20(25)27-19)15-9-5-4-6-10-15/h4-12,19H,3,13H2,1-2H3. The van der Waals surface area contributed by atoms with Gasteiger partial charge in [0.2, 0.25) is 0 Å². The molecule has 1 aliphatic rings. The van der Waals surface area contributed by atoms with Crippen molar-refractivity contribution in [2.45, 2.75) is 19.2 Å². The number of benzene rings is 2. The van der Waals surface area contributed by atoms with Crippen LogP contribution < -0.4 is 9.80 Å². The lowest BCUT2D eigenvalue weighted by atomic mass is 10.2. The van der Waals surface area contributed by atoms with Gasteiger partial charge >= 0.3 is 5.97 Å². The number of nitrogens with zero attached hydrogens (tertiary/aromatic N) is 2. The molecule has 0 saturated carbocycles. The molecule has 0 aromatic heterocycles. The molecule has 2 aromatic carbocycles. The predicted octanol–water partition coefficient (Wildman–Crippen LogP) is 3.59. The highest BCUT2D eigenvalue weighted by molar-refractivity contribution is 8.16. The van der Waals surface area contributed by atoms with E-state index in [2.05, 4.69) is 0 Å². The zero-order valence-electron chi connectivity index (χ0n) is 15.1. The van der Waals surface area contributed by atoms with Crippen molar-refractivity contribution in [1.82, 2.24) is 0 Å². The molecule has 3 rings (SSSR count). The number of imide groups is 1. The van der Waals surface area contributed by atoms with Gasteiger partial charge in [-0.25, -0.2) is 4.90 Å². The number of esters is 1. The van der Waals surface area contributed by atoms with E-state index in [4.69, 9.17) is 4.74 Å². The monoisotopic (exact) mass is 384 g/mol. The molecule has 2 amide bonds. The van der Waals surface area contributed by atoms with Crippen LogP contribution in [-0.2, 0) is 14.3 Å². The summed E-state index contributed by atoms with van der Waals surface area (Å²) in [7, 11) is 0. The molecule has 1 unspecified atom stereocenters. The van der Waals surface area contributed by atoms with Crippen molar-refractivity contribution in [3.63, 3.8) is 0 Å². The average molecular weight is 384 g/mol. The lowest BCUT2D eigenvalue weighted by molar-refractivity contribution is -0.141. The zero-order chi connectivity index (χ0) is 19.4. The number of para-hydroxylation sites is 1. The smallest absolute Gasteiger partial charge is 0.325 e. The Morgan fingerprint density at radius 1 is 1.15 bits per heavy atom. The summed E-state index contributed by atoms with van der Waals surface area (Å²) in [5, 5.41) is -1.19. The van der Waals surface area contributed by atoms with Crippen LogP contribution in [0.4, 0.5) is 16.2 Å². The van der Waals surface area contributed by atoms with Crippen LogP contribution in [0.3, 0.4) is 0 Å². The molecule has 1 fully saturated rings. The Kier molecular flexibility index (Phi) is 5.81. The maximum absolute atomic E-state index is 13.0. The van der Waals surface area contributed by atoms with Gasteiger partial charge in [0.25, 0.3) is 11.1 Å². The van der Waals surface area contributed by atoms with Crippen LogP contribution in [0.15, 0.2) is 54.6 Å². The molecule has 0 bridgehead atoms. The lowest BCUT2D eigenvalue weighted by Crippen LogP contribution is -2.44. The first kappa shape index (κ1) is 19.0. The van der Waals surface area contributed by atoms with Gasteiger partial charge in [0, 0.05) is 5.69 Å². The number of anilines is 2. The molecular formula is C20H20N2O4S. The predicted molar refractivity (Wildman–Crippen MR) is 106 cm³/mol. The molecule has 1 heterocycles. The number of ether oxygens (including phenoxy) is 1. The summed E-state index contributed by atoms with van der Waals surface area (Å²) < 4.78 is 5.06. The largest absolute Gasteiger partial charge is 0.465 e. The SMILES string of the molecule is CCOC(=O)CN(c1cccc(C)c1)C1SC(=O)N(c2ccccc2)C1=O. The number of carbonyl (C=O) groups excluding carboxylic acids is 3. The third-order valence-corrected chi connectivity index (χ3v) is 5.13. The van der Waals surface area contributed by atoms with E-state index in [9.17, 15) is 14.4 Å². The third kappa shape index (κ3) is 4.14. The van der Waals surface area contributed by atoms with Crippen LogP contribution in [0.25, 0.3) is 0 Å². The second-order valence-electron chi connectivity index (χ2n) is 6.02. The zero-order valence-corrected chi connectivity index (χ0v) is 15.9. The first-order valence-electron chi connectivity index (χ1n) is 8.60. The highest BCUT2D eigenvalue weighted by atomic mass is 32.2. The second-order valence-corrected chi connectivity index (χ2v) is 7.05. The van der Waals surface area contributed by atoms with Gasteiger partial charge < -0.3 is 9.64 Å². The number of aryl methyl sites for hydroxylation is 1. The minimum Gasteiger partial charge on any atom is -0.465 e. The van der Waals surface area contributed by atoms with Crippen molar-refractivity contribution >= 4 is 40.3 Å². The molecule has 2 aromatic rings. The fourth-order valence-corrected chi connectivity index (χ4v) is 3.89. The van der Waals surface area contributed by atoms with Gasteiger partial charge in [-0.05, 0) is 55.4 Å². The number of rotatable bonds is 6. The molecule has 6 nitrogen and oxygen atoms in total. The molecule has 0 spiro atoms. The van der Waals surface area contributed by atoms with Gasteiger partial charge in [0.1, 0.15) is 6.54 Å². The Balaban J connectivity index is 1.93. The van der Waals surface area contributed by atoms with Gasteiger partial charge in [-0.3, -0.25) is 14.4 Å². The summed E-state index contributed by atoms with van der Waals surface area (Å²) in [6, 6.07) is 16.2. The lowest BCUT2D eigenvalue weighted by Gasteiger charge is -2.28. The van der Waals surface area contributed by atoms with Crippen LogP contribution in [-0.4, -0.2) is 35.6 Å². The molecule has 140 valence electrons. The van der Waals surface area contributed by atoms with Gasteiger partial charge in [-0.1, -0.05) is 30.3 Å². The van der Waals surface area contributed by atoms with E-state index >= 15 is 0 Å². The van der Waals surface area contributed by atoms with Gasteiger partial charge in [-0.15, -0.1) is 0 Å². The summed E-state index contributed by atoms with van der Waals surface area (Å²) in [5.41, 5.74) is 2.20. The van der Waals surface area contributed by atoms with Crippen molar-refractivity contribution in [2.24, 2.45) is 0 Å². The van der Waals surface area contributed by atoms with E-state index in [0.29, 0.717) is 11.4 Å². The Bertz CT molecular complexity index is 856. The first-order chi connectivity index (χ1) is 13.0. The Morgan fingerprint density at radius 2 is 1.89 bits per heavy atom. The maximum Gasteiger partial charge on any atom is 0.325 e. The molecule has 7 heteroatoms. The Hall–Kier alpha value is -2.80. The summed E-state index contributed by atoms with van der Waals surface area (Å²) >= 11 is 0.901. The Labute approximate surface area is 162 Å². The molecular weight excluding hydrogens is 364 g/mol. The molecule has 0 radical (unpaired) electrons. The summed E-state index contributed by atoms with van der Waals surface area (Å²) in [5.74, 6) is -0.819. The topological polar surface area (TPSA) is 66.9 Å². The van der Waals surface area contributed by atoms with E-state index in [1.54, 1.807) is 36.1 Å². The number of hydrogen-bond acceptors (Lipinski definition) is 6. The first-order valence-corrected chi connectivity index (χ1v) is 9.47. The highest BCUT2D eigenvalue weighted by Gasteiger charge is 2.44. The molecule has 1 atom stereocenters. The van der Waals surface area contributed by atoms with Crippen LogP contribution in [0.2, 0.25) is 0 Å². The molecule has 1 saturated heterocycles. The summed E-state index contributed by atoms with van der Waals surface area (Å²) in [6.07, 6.45) is 0. The summed E-state index contributed by atoms with van der Waals surface area (Å²) in [6.45, 7) is 3.79. The third-order valence-electron chi connectivity index (χ3n) is 4.06. The number of hydrogen-bond donors (Lipinski definition) is 0. The van der Waals surface area contributed by atoms with E-state index in [1.165, 1.54) is 0 Å². The van der Waals surface area contributed by atoms with Crippen LogP contribution in [0.1, 0.15) is 12.5 Å². The van der Waals surface area contributed by atoms with E-state index < -0.39 is 11.3 Å². The minimum absolute atomic E-state index is 0.114. The second kappa shape index (κ2) is 8.26. The fourth-order valence-electron chi connectivity index (χ4n) is 2.87. The van der Waals surface area contributed by atoms with Crippen LogP contribution >= 0.6 is 11.8 Å². The molecule has 1 aliphatic heterocycles. The van der Waals surface area contributed by atoms with Crippen molar-refractivity contribution in [3.05, 3.63) is 60.2 Å². The van der Waals surface area contributed by atoms with Crippen molar-refractivity contribution < 1.29 is 19.1 Å². The number of carbonyl (C=O) groups is 3. The van der Waals surface area contributed by atoms with Crippen molar-refractivity contribution in [3.8, 4) is 0 Å². The van der Waals surface area contributed by atoms with Gasteiger partial charge in [-0.2, -0.15) is 0 Å². The Morgan fingerprint density at radius 3 is 2.56 bits per heavy atom. The van der Waals surface area contributed by atoms with E-state index in [-0.39, 0.29) is 24.3 Å². The number of amides is 2. The highest BCUT2D eigenvalue weighted by Crippen LogP contribution is 2.35. The minimum atomic E-state index is -0.830. The van der Waals surface area contributed by atoms with Crippen molar-refractivity contribution in [1.29, 1.82) is 0 Å². The van der Waals surface area contributed by atoms with Gasteiger partial charge in [0.05, 0.1) is 12.3 Å². The van der Waals surface area contributed by atoms with E-state index in [1.807, 2.05) is 37.3 Å². The molecule has 0 aliphatic carbocycles. The van der Waals surface area contributed by atoms with Gasteiger partial charge in [0.15, 0.2) is 5.37 Å². The maximum atomic E-state index is 13.0. The summed E-state index contributed by atoms with van der Waals surface area (Å²) in [4.78, 5) is 40.5. The van der Waals surface area contributed by atoms with Crippen LogP contribution in [0, 0.1) is 6.92 Å². The van der Waals surface area contributed by atoms with Crippen molar-refractivity contribution in [2.75, 3.05) is 23.0 Å². The van der Waals surface area contributed by atoms with Crippen LogP contribution in [0.5, 0.6) is 0 Å².